The smallest absolute Gasteiger partial charge is 0.188 e. The average molecular weight is 438 g/mol. The zero-order valence-electron chi connectivity index (χ0n) is 15.6. The van der Waals surface area contributed by atoms with Crippen molar-refractivity contribution in [3.63, 3.8) is 0 Å². The third kappa shape index (κ3) is 4.76. The SMILES string of the molecule is ONC(=Nc1ccc(F)c(Cl)c1)c1nonc1Cn1nnc(CN2CCOCC2)n1. The van der Waals surface area contributed by atoms with Crippen LogP contribution in [-0.2, 0) is 17.8 Å². The first kappa shape index (κ1) is 20.3. The van der Waals surface area contributed by atoms with Crippen molar-refractivity contribution >= 4 is 23.1 Å². The van der Waals surface area contributed by atoms with Crippen molar-refractivity contribution in [2.45, 2.75) is 13.1 Å². The van der Waals surface area contributed by atoms with E-state index in [9.17, 15) is 9.60 Å². The molecule has 1 aliphatic heterocycles. The highest BCUT2D eigenvalue weighted by atomic mass is 35.5. The molecule has 0 saturated carbocycles. The van der Waals surface area contributed by atoms with Crippen molar-refractivity contribution in [1.82, 2.24) is 40.9 Å². The topological polar surface area (TPSA) is 140 Å². The molecule has 30 heavy (non-hydrogen) atoms. The van der Waals surface area contributed by atoms with Gasteiger partial charge < -0.3 is 4.74 Å². The number of halogens is 2. The molecule has 0 atom stereocenters. The molecule has 1 fully saturated rings. The van der Waals surface area contributed by atoms with Crippen LogP contribution >= 0.6 is 11.6 Å². The minimum absolute atomic E-state index is 0.0671. The van der Waals surface area contributed by atoms with E-state index in [4.69, 9.17) is 21.0 Å². The van der Waals surface area contributed by atoms with Crippen molar-refractivity contribution < 1.29 is 19.0 Å². The summed E-state index contributed by atoms with van der Waals surface area (Å²) in [6.07, 6.45) is 0. The predicted molar refractivity (Wildman–Crippen MR) is 99.8 cm³/mol. The van der Waals surface area contributed by atoms with Crippen molar-refractivity contribution in [2.24, 2.45) is 4.99 Å². The summed E-state index contributed by atoms with van der Waals surface area (Å²) in [7, 11) is 0. The summed E-state index contributed by atoms with van der Waals surface area (Å²) >= 11 is 5.77. The Bertz CT molecular complexity index is 1030. The summed E-state index contributed by atoms with van der Waals surface area (Å²) in [6, 6.07) is 3.86. The molecule has 158 valence electrons. The fourth-order valence-corrected chi connectivity index (χ4v) is 2.98. The maximum Gasteiger partial charge on any atom is 0.188 e. The Balaban J connectivity index is 1.49. The van der Waals surface area contributed by atoms with Crippen LogP contribution in [0.25, 0.3) is 0 Å². The van der Waals surface area contributed by atoms with Gasteiger partial charge in [-0.05, 0) is 28.6 Å². The highest BCUT2D eigenvalue weighted by Crippen LogP contribution is 2.22. The number of nitrogens with one attached hydrogen (secondary N) is 1. The summed E-state index contributed by atoms with van der Waals surface area (Å²) < 4.78 is 23.4. The van der Waals surface area contributed by atoms with Crippen LogP contribution < -0.4 is 5.48 Å². The van der Waals surface area contributed by atoms with E-state index >= 15 is 0 Å². The molecule has 12 nitrogen and oxygen atoms in total. The third-order valence-electron chi connectivity index (χ3n) is 4.28. The number of hydrogen-bond acceptors (Lipinski definition) is 10. The Hall–Kier alpha value is -3.00. The van der Waals surface area contributed by atoms with Crippen LogP contribution in [0.5, 0.6) is 0 Å². The highest BCUT2D eigenvalue weighted by molar-refractivity contribution is 6.31. The zero-order chi connectivity index (χ0) is 20.9. The van der Waals surface area contributed by atoms with Crippen molar-refractivity contribution in [3.8, 4) is 0 Å². The third-order valence-corrected chi connectivity index (χ3v) is 4.57. The van der Waals surface area contributed by atoms with Gasteiger partial charge in [0.1, 0.15) is 18.1 Å². The predicted octanol–water partition coefficient (Wildman–Crippen LogP) is 0.786. The molecule has 2 aromatic heterocycles. The molecule has 0 amide bonds. The van der Waals surface area contributed by atoms with E-state index in [2.05, 4.69) is 35.6 Å². The van der Waals surface area contributed by atoms with Gasteiger partial charge in [-0.15, -0.1) is 10.2 Å². The number of hydroxylamine groups is 1. The Morgan fingerprint density at radius 3 is 2.87 bits per heavy atom. The van der Waals surface area contributed by atoms with Crippen LogP contribution in [0.1, 0.15) is 17.2 Å². The minimum atomic E-state index is -0.581. The van der Waals surface area contributed by atoms with Gasteiger partial charge >= 0.3 is 0 Å². The van der Waals surface area contributed by atoms with Gasteiger partial charge in [-0.3, -0.25) is 15.6 Å². The Morgan fingerprint density at radius 1 is 1.27 bits per heavy atom. The van der Waals surface area contributed by atoms with E-state index in [1.165, 1.54) is 16.9 Å². The normalized spacial score (nSPS) is 15.5. The number of rotatable bonds is 6. The number of aliphatic imine (C=N–C) groups is 1. The highest BCUT2D eigenvalue weighted by Gasteiger charge is 2.19. The number of aromatic nitrogens is 6. The number of tetrazole rings is 1. The number of morpholine rings is 1. The number of hydrogen-bond donors (Lipinski definition) is 2. The first-order chi connectivity index (χ1) is 14.6. The quantitative estimate of drug-likeness (QED) is 0.323. The van der Waals surface area contributed by atoms with Gasteiger partial charge in [-0.1, -0.05) is 16.8 Å². The number of nitrogens with zero attached hydrogens (tertiary/aromatic N) is 8. The van der Waals surface area contributed by atoms with Crippen molar-refractivity contribution in [3.05, 3.63) is 46.3 Å². The zero-order valence-corrected chi connectivity index (χ0v) is 16.3. The maximum atomic E-state index is 13.3. The Labute approximate surface area is 174 Å². The monoisotopic (exact) mass is 437 g/mol. The number of ether oxygens (including phenoxy) is 1. The number of amidine groups is 1. The molecule has 0 radical (unpaired) electrons. The largest absolute Gasteiger partial charge is 0.379 e. The molecule has 1 saturated heterocycles. The van der Waals surface area contributed by atoms with Crippen molar-refractivity contribution in [1.29, 1.82) is 0 Å². The molecule has 0 spiro atoms. The molecule has 1 aliphatic rings. The molecular formula is C16H17ClFN9O3. The van der Waals surface area contributed by atoms with E-state index in [1.807, 2.05) is 5.48 Å². The standard InChI is InChI=1S/C16H17ClFN9O3/c17-11-7-10(1-2-12(11)18)19-16(22-28)15-13(23-30-24-15)8-27-21-14(20-25-27)9-26-3-5-29-6-4-26/h1-2,7,28H,3-6,8-9H2,(H,19,22). The van der Waals surface area contributed by atoms with E-state index in [0.29, 0.717) is 37.0 Å². The summed E-state index contributed by atoms with van der Waals surface area (Å²) in [4.78, 5) is 7.67. The number of benzene rings is 1. The van der Waals surface area contributed by atoms with Gasteiger partial charge in [0.15, 0.2) is 17.4 Å². The maximum absolute atomic E-state index is 13.3. The molecular weight excluding hydrogens is 421 g/mol. The Morgan fingerprint density at radius 2 is 2.10 bits per heavy atom. The molecule has 2 N–H and O–H groups in total. The fourth-order valence-electron chi connectivity index (χ4n) is 2.80. The van der Waals surface area contributed by atoms with Gasteiger partial charge in [0.2, 0.25) is 0 Å². The molecule has 0 unspecified atom stereocenters. The fraction of sp³-hybridized carbons (Fsp3) is 0.375. The van der Waals surface area contributed by atoms with Gasteiger partial charge in [-0.25, -0.2) is 14.0 Å². The lowest BCUT2D eigenvalue weighted by Gasteiger charge is -2.24. The van der Waals surface area contributed by atoms with E-state index in [-0.39, 0.29) is 23.1 Å². The lowest BCUT2D eigenvalue weighted by atomic mass is 10.3. The second kappa shape index (κ2) is 9.21. The van der Waals surface area contributed by atoms with Crippen LogP contribution in [0.2, 0.25) is 5.02 Å². The van der Waals surface area contributed by atoms with Crippen molar-refractivity contribution in [2.75, 3.05) is 26.3 Å². The molecule has 1 aromatic carbocycles. The van der Waals surface area contributed by atoms with Gasteiger partial charge in [-0.2, -0.15) is 4.80 Å². The average Bonchev–Trinajstić information content (AvgIpc) is 3.39. The lowest BCUT2D eigenvalue weighted by Crippen LogP contribution is -2.36. The van der Waals surface area contributed by atoms with Crippen LogP contribution in [0.3, 0.4) is 0 Å². The molecule has 3 aromatic rings. The molecule has 14 heteroatoms. The second-order valence-electron chi connectivity index (χ2n) is 6.35. The van der Waals surface area contributed by atoms with Gasteiger partial charge in [0.25, 0.3) is 0 Å². The van der Waals surface area contributed by atoms with Crippen LogP contribution in [0.4, 0.5) is 10.1 Å². The minimum Gasteiger partial charge on any atom is -0.379 e. The van der Waals surface area contributed by atoms with E-state index < -0.39 is 5.82 Å². The van der Waals surface area contributed by atoms with Gasteiger partial charge in [0.05, 0.1) is 30.5 Å². The summed E-state index contributed by atoms with van der Waals surface area (Å²) in [6.45, 7) is 3.61. The van der Waals surface area contributed by atoms with Gasteiger partial charge in [0, 0.05) is 13.1 Å². The van der Waals surface area contributed by atoms with E-state index in [0.717, 1.165) is 19.2 Å². The summed E-state index contributed by atoms with van der Waals surface area (Å²) in [5.74, 6) is -0.0873. The van der Waals surface area contributed by atoms with Crippen LogP contribution in [0, 0.1) is 5.82 Å². The molecule has 0 aliphatic carbocycles. The Kier molecular flexibility index (Phi) is 6.23. The van der Waals surface area contributed by atoms with Crippen LogP contribution in [0.15, 0.2) is 27.8 Å². The summed E-state index contributed by atoms with van der Waals surface area (Å²) in [5, 5.41) is 29.4. The lowest BCUT2D eigenvalue weighted by molar-refractivity contribution is 0.0330. The molecule has 0 bridgehead atoms. The molecule has 3 heterocycles. The first-order valence-corrected chi connectivity index (χ1v) is 9.32. The summed E-state index contributed by atoms with van der Waals surface area (Å²) in [5.41, 5.74) is 2.66. The second-order valence-corrected chi connectivity index (χ2v) is 6.76. The molecule has 4 rings (SSSR count). The van der Waals surface area contributed by atoms with Crippen LogP contribution in [-0.4, -0.2) is 72.8 Å². The first-order valence-electron chi connectivity index (χ1n) is 8.95. The van der Waals surface area contributed by atoms with E-state index in [1.54, 1.807) is 0 Å².